The zero-order valence-corrected chi connectivity index (χ0v) is 17.2. The number of hydrogen-bond acceptors (Lipinski definition) is 4. The second-order valence-corrected chi connectivity index (χ2v) is 6.85. The normalized spacial score (nSPS) is 15.0. The van der Waals surface area contributed by atoms with Crippen molar-refractivity contribution in [2.24, 2.45) is 0 Å². The van der Waals surface area contributed by atoms with Crippen LogP contribution in [-0.2, 0) is 11.4 Å². The summed E-state index contributed by atoms with van der Waals surface area (Å²) in [4.78, 5) is 14.0. The van der Waals surface area contributed by atoms with Gasteiger partial charge in [-0.2, -0.15) is 0 Å². The maximum atomic E-state index is 13.8. The second kappa shape index (κ2) is 9.52. The lowest BCUT2D eigenvalue weighted by atomic mass is 10.1. The summed E-state index contributed by atoms with van der Waals surface area (Å²) in [7, 11) is 0. The number of halogens is 1. The summed E-state index contributed by atoms with van der Waals surface area (Å²) in [6, 6.07) is 11.8. The first-order valence-electron chi connectivity index (χ1n) is 9.51. The van der Waals surface area contributed by atoms with Gasteiger partial charge in [-0.15, -0.1) is 0 Å². The van der Waals surface area contributed by atoms with Crippen LogP contribution in [0.3, 0.4) is 0 Å². The smallest absolute Gasteiger partial charge is 0.276 e. The van der Waals surface area contributed by atoms with E-state index in [1.165, 1.54) is 6.07 Å². The van der Waals surface area contributed by atoms with Gasteiger partial charge in [0, 0.05) is 12.1 Å². The SMILES string of the molecule is CCCN1C(=O)/C(=C/c2ccc(OCc3ccccc3F)c(OCC)c2)NC1=S. The maximum absolute atomic E-state index is 13.8. The van der Waals surface area contributed by atoms with Crippen molar-refractivity contribution in [2.45, 2.75) is 26.9 Å². The van der Waals surface area contributed by atoms with E-state index in [4.69, 9.17) is 21.7 Å². The molecule has 0 bridgehead atoms. The molecule has 1 saturated heterocycles. The monoisotopic (exact) mass is 414 g/mol. The number of hydrogen-bond donors (Lipinski definition) is 1. The molecule has 0 atom stereocenters. The van der Waals surface area contributed by atoms with E-state index in [-0.39, 0.29) is 18.3 Å². The minimum Gasteiger partial charge on any atom is -0.490 e. The molecule has 1 fully saturated rings. The Morgan fingerprint density at radius 3 is 2.66 bits per heavy atom. The van der Waals surface area contributed by atoms with Crippen molar-refractivity contribution in [1.82, 2.24) is 10.2 Å². The van der Waals surface area contributed by atoms with Gasteiger partial charge in [-0.1, -0.05) is 31.2 Å². The molecule has 7 heteroatoms. The maximum Gasteiger partial charge on any atom is 0.276 e. The van der Waals surface area contributed by atoms with E-state index in [1.807, 2.05) is 19.9 Å². The van der Waals surface area contributed by atoms with Crippen LogP contribution in [0.5, 0.6) is 11.5 Å². The van der Waals surface area contributed by atoms with Gasteiger partial charge in [0.2, 0.25) is 0 Å². The molecule has 29 heavy (non-hydrogen) atoms. The van der Waals surface area contributed by atoms with Crippen LogP contribution in [0, 0.1) is 5.82 Å². The van der Waals surface area contributed by atoms with Gasteiger partial charge in [-0.3, -0.25) is 9.69 Å². The van der Waals surface area contributed by atoms with Crippen molar-refractivity contribution in [3.63, 3.8) is 0 Å². The zero-order chi connectivity index (χ0) is 20.8. The summed E-state index contributed by atoms with van der Waals surface area (Å²) < 4.78 is 25.3. The summed E-state index contributed by atoms with van der Waals surface area (Å²) in [5.41, 5.74) is 1.65. The summed E-state index contributed by atoms with van der Waals surface area (Å²) in [5, 5.41) is 3.38. The molecule has 0 aliphatic carbocycles. The number of thiocarbonyl (C=S) groups is 1. The van der Waals surface area contributed by atoms with Crippen LogP contribution < -0.4 is 14.8 Å². The molecule has 1 N–H and O–H groups in total. The summed E-state index contributed by atoms with van der Waals surface area (Å²) >= 11 is 5.23. The molecule has 0 aromatic heterocycles. The van der Waals surface area contributed by atoms with Crippen LogP contribution in [0.2, 0.25) is 0 Å². The molecule has 0 spiro atoms. The minimum atomic E-state index is -0.315. The van der Waals surface area contributed by atoms with Crippen LogP contribution in [-0.4, -0.2) is 29.1 Å². The molecule has 5 nitrogen and oxygen atoms in total. The zero-order valence-electron chi connectivity index (χ0n) is 16.4. The molecule has 0 unspecified atom stereocenters. The molecule has 1 aliphatic rings. The molecule has 1 heterocycles. The number of nitrogens with one attached hydrogen (secondary N) is 1. The quantitative estimate of drug-likeness (QED) is 0.516. The molecule has 3 rings (SSSR count). The third kappa shape index (κ3) is 4.92. The predicted octanol–water partition coefficient (Wildman–Crippen LogP) is 4.27. The van der Waals surface area contributed by atoms with Gasteiger partial charge in [0.05, 0.1) is 6.61 Å². The molecule has 0 saturated carbocycles. The first-order valence-corrected chi connectivity index (χ1v) is 9.92. The first-order chi connectivity index (χ1) is 14.0. The lowest BCUT2D eigenvalue weighted by Gasteiger charge is -2.13. The average Bonchev–Trinajstić information content (AvgIpc) is 2.96. The molecule has 2 aromatic rings. The van der Waals surface area contributed by atoms with Crippen LogP contribution in [0.4, 0.5) is 4.39 Å². The molecule has 1 amide bonds. The highest BCUT2D eigenvalue weighted by atomic mass is 32.1. The van der Waals surface area contributed by atoms with Crippen molar-refractivity contribution in [1.29, 1.82) is 0 Å². The lowest BCUT2D eigenvalue weighted by Crippen LogP contribution is -2.31. The third-order valence-electron chi connectivity index (χ3n) is 4.33. The Balaban J connectivity index is 1.80. The van der Waals surface area contributed by atoms with Gasteiger partial charge in [0.25, 0.3) is 5.91 Å². The Kier molecular flexibility index (Phi) is 6.82. The molecule has 1 aliphatic heterocycles. The van der Waals surface area contributed by atoms with E-state index >= 15 is 0 Å². The summed E-state index contributed by atoms with van der Waals surface area (Å²) in [5.74, 6) is 0.572. The number of benzene rings is 2. The Hall–Kier alpha value is -2.93. The number of amides is 1. The Bertz CT molecular complexity index is 945. The Morgan fingerprint density at radius 1 is 1.14 bits per heavy atom. The van der Waals surface area contributed by atoms with Crippen molar-refractivity contribution in [3.8, 4) is 11.5 Å². The molecular weight excluding hydrogens is 391 g/mol. The molecule has 2 aromatic carbocycles. The van der Waals surface area contributed by atoms with E-state index in [2.05, 4.69) is 5.32 Å². The molecule has 152 valence electrons. The largest absolute Gasteiger partial charge is 0.490 e. The standard InChI is InChI=1S/C22H23FN2O3S/c1-3-11-25-21(26)18(24-22(25)29)12-15-9-10-19(20(13-15)27-4-2)28-14-16-7-5-6-8-17(16)23/h5-10,12-13H,3-4,11,14H2,1-2H3,(H,24,29)/b18-12-. The predicted molar refractivity (Wildman–Crippen MR) is 114 cm³/mol. The van der Waals surface area contributed by atoms with Crippen LogP contribution in [0.25, 0.3) is 6.08 Å². The van der Waals surface area contributed by atoms with Gasteiger partial charge in [0.15, 0.2) is 16.6 Å². The van der Waals surface area contributed by atoms with Crippen molar-refractivity contribution < 1.29 is 18.7 Å². The minimum absolute atomic E-state index is 0.0907. The fourth-order valence-electron chi connectivity index (χ4n) is 2.94. The van der Waals surface area contributed by atoms with E-state index in [0.29, 0.717) is 41.0 Å². The van der Waals surface area contributed by atoms with E-state index in [9.17, 15) is 9.18 Å². The third-order valence-corrected chi connectivity index (χ3v) is 4.65. The Morgan fingerprint density at radius 2 is 1.93 bits per heavy atom. The van der Waals surface area contributed by atoms with E-state index in [1.54, 1.807) is 41.3 Å². The fourth-order valence-corrected chi connectivity index (χ4v) is 3.22. The second-order valence-electron chi connectivity index (χ2n) is 6.46. The molecular formula is C22H23FN2O3S. The first kappa shape index (κ1) is 20.8. The number of carbonyl (C=O) groups is 1. The summed E-state index contributed by atoms with van der Waals surface area (Å²) in [6.07, 6.45) is 2.55. The van der Waals surface area contributed by atoms with Gasteiger partial charge < -0.3 is 14.8 Å². The number of nitrogens with zero attached hydrogens (tertiary/aromatic N) is 1. The highest BCUT2D eigenvalue weighted by Gasteiger charge is 2.29. The van der Waals surface area contributed by atoms with Crippen LogP contribution in [0.1, 0.15) is 31.4 Å². The van der Waals surface area contributed by atoms with E-state index in [0.717, 1.165) is 12.0 Å². The number of ether oxygens (including phenoxy) is 2. The fraction of sp³-hybridized carbons (Fsp3) is 0.273. The van der Waals surface area contributed by atoms with Gasteiger partial charge in [0.1, 0.15) is 18.1 Å². The lowest BCUT2D eigenvalue weighted by molar-refractivity contribution is -0.122. The van der Waals surface area contributed by atoms with Crippen molar-refractivity contribution in [2.75, 3.05) is 13.2 Å². The van der Waals surface area contributed by atoms with Crippen molar-refractivity contribution in [3.05, 3.63) is 65.1 Å². The highest BCUT2D eigenvalue weighted by Crippen LogP contribution is 2.30. The van der Waals surface area contributed by atoms with Gasteiger partial charge in [-0.25, -0.2) is 4.39 Å². The number of rotatable bonds is 8. The van der Waals surface area contributed by atoms with Crippen molar-refractivity contribution >= 4 is 29.3 Å². The van der Waals surface area contributed by atoms with Gasteiger partial charge in [-0.05, 0) is 55.4 Å². The Labute approximate surface area is 175 Å². The number of carbonyl (C=O) groups excluding carboxylic acids is 1. The van der Waals surface area contributed by atoms with E-state index < -0.39 is 0 Å². The van der Waals surface area contributed by atoms with Gasteiger partial charge >= 0.3 is 0 Å². The van der Waals surface area contributed by atoms with Crippen LogP contribution >= 0.6 is 12.2 Å². The highest BCUT2D eigenvalue weighted by molar-refractivity contribution is 7.80. The summed E-state index contributed by atoms with van der Waals surface area (Å²) in [6.45, 7) is 4.98. The average molecular weight is 415 g/mol. The van der Waals surface area contributed by atoms with Crippen LogP contribution in [0.15, 0.2) is 48.2 Å². The topological polar surface area (TPSA) is 50.8 Å². The molecule has 0 radical (unpaired) electrons.